The minimum absolute atomic E-state index is 0. The molecule has 0 aromatic rings. The molecule has 1 aliphatic rings. The molecule has 0 aromatic heterocycles. The van der Waals surface area contributed by atoms with Crippen molar-refractivity contribution in [3.8, 4) is 0 Å². The van der Waals surface area contributed by atoms with Crippen molar-refractivity contribution in [1.82, 2.24) is 0 Å². The van der Waals surface area contributed by atoms with Gasteiger partial charge in [-0.15, -0.1) is 24.8 Å². The molecule has 0 saturated carbocycles. The van der Waals surface area contributed by atoms with Gasteiger partial charge in [0.05, 0.1) is 0 Å². The van der Waals surface area contributed by atoms with Crippen LogP contribution in [-0.4, -0.2) is 0 Å². The maximum atomic E-state index is 2.59. The molecule has 0 heterocycles. The fourth-order valence-corrected chi connectivity index (χ4v) is 0.788. The quantitative estimate of drug-likeness (QED) is 0.568. The summed E-state index contributed by atoms with van der Waals surface area (Å²) in [7, 11) is 0. The molecule has 0 radical (unpaired) electrons. The Bertz CT molecular complexity index is 107. The molecule has 0 aromatic carbocycles. The molecule has 8 heavy (non-hydrogen) atoms. The Balaban J connectivity index is 0. The third-order valence-electron chi connectivity index (χ3n) is 0.717. The summed E-state index contributed by atoms with van der Waals surface area (Å²) in [5, 5.41) is 0. The van der Waals surface area contributed by atoms with Gasteiger partial charge in [-0.05, 0) is 0 Å². The van der Waals surface area contributed by atoms with Crippen molar-refractivity contribution in [3.05, 3.63) is 22.4 Å². The second-order valence-corrected chi connectivity index (χ2v) is 2.35. The number of allylic oxidation sites excluding steroid dienone is 4. The maximum absolute atomic E-state index is 2.59. The zero-order valence-electron chi connectivity index (χ0n) is 4.11. The van der Waals surface area contributed by atoms with E-state index >= 15 is 0 Å². The van der Waals surface area contributed by atoms with E-state index in [4.69, 9.17) is 0 Å². The molecule has 0 aliphatic heterocycles. The molecule has 0 N–H and O–H groups in total. The van der Waals surface area contributed by atoms with Crippen LogP contribution in [0.3, 0.4) is 0 Å². The van der Waals surface area contributed by atoms with Crippen LogP contribution in [0.5, 0.6) is 0 Å². The van der Waals surface area contributed by atoms with Crippen molar-refractivity contribution in [3.63, 3.8) is 0 Å². The summed E-state index contributed by atoms with van der Waals surface area (Å²) in [6.45, 7) is 0. The number of hydrogen-bond acceptors (Lipinski definition) is 0. The zero-order chi connectivity index (χ0) is 4.41. The third-order valence-corrected chi connectivity index (χ3v) is 1.36. The topological polar surface area (TPSA) is 0 Å². The van der Waals surface area contributed by atoms with Crippen LogP contribution in [0.25, 0.3) is 0 Å². The van der Waals surface area contributed by atoms with Crippen LogP contribution in [0.2, 0.25) is 0 Å². The Hall–Kier alpha value is 0.683. The Labute approximate surface area is 71.9 Å². The molecular formula is C5H7Cl2Ru. The van der Waals surface area contributed by atoms with Gasteiger partial charge in [0.1, 0.15) is 0 Å². The Morgan fingerprint density at radius 2 is 2.00 bits per heavy atom. The van der Waals surface area contributed by atoms with Gasteiger partial charge in [0.2, 0.25) is 0 Å². The van der Waals surface area contributed by atoms with Crippen LogP contribution in [-0.2, 0) is 18.3 Å². The molecular weight excluding hydrogens is 232 g/mol. The van der Waals surface area contributed by atoms with Gasteiger partial charge in [-0.2, -0.15) is 0 Å². The van der Waals surface area contributed by atoms with Crippen molar-refractivity contribution >= 4 is 24.8 Å². The van der Waals surface area contributed by atoms with E-state index in [1.165, 1.54) is 4.17 Å². The predicted molar refractivity (Wildman–Crippen MR) is 36.3 cm³/mol. The molecule has 0 fully saturated rings. The Morgan fingerprint density at radius 1 is 1.38 bits per heavy atom. The SMILES string of the molecule is Cl.Cl.[Ru][C]1=CC=CC1. The third kappa shape index (κ3) is 3.66. The van der Waals surface area contributed by atoms with E-state index in [1.54, 1.807) is 0 Å². The van der Waals surface area contributed by atoms with Crippen molar-refractivity contribution in [2.75, 3.05) is 0 Å². The molecule has 0 nitrogen and oxygen atoms in total. The summed E-state index contributed by atoms with van der Waals surface area (Å²) in [5.41, 5.74) is 0. The number of hydrogen-bond donors (Lipinski definition) is 0. The Kier molecular flexibility index (Phi) is 8.34. The van der Waals surface area contributed by atoms with Gasteiger partial charge in [0.25, 0.3) is 0 Å². The number of rotatable bonds is 0. The van der Waals surface area contributed by atoms with Crippen LogP contribution < -0.4 is 0 Å². The van der Waals surface area contributed by atoms with E-state index in [0.717, 1.165) is 6.42 Å². The molecule has 0 atom stereocenters. The first-order valence-corrected chi connectivity index (χ1v) is 2.76. The zero-order valence-corrected chi connectivity index (χ0v) is 7.48. The summed E-state index contributed by atoms with van der Waals surface area (Å²) >= 11 is 2.59. The fraction of sp³-hybridized carbons (Fsp3) is 0.200. The van der Waals surface area contributed by atoms with Crippen LogP contribution in [0.15, 0.2) is 22.4 Å². The van der Waals surface area contributed by atoms with Gasteiger partial charge >= 0.3 is 47.1 Å². The first-order chi connectivity index (χ1) is 2.89. The summed E-state index contributed by atoms with van der Waals surface area (Å²) in [6, 6.07) is 0. The van der Waals surface area contributed by atoms with E-state index in [0.29, 0.717) is 0 Å². The van der Waals surface area contributed by atoms with Crippen molar-refractivity contribution in [2.45, 2.75) is 6.42 Å². The predicted octanol–water partition coefficient (Wildman–Crippen LogP) is 2.22. The van der Waals surface area contributed by atoms with Crippen molar-refractivity contribution in [1.29, 1.82) is 0 Å². The van der Waals surface area contributed by atoms with Crippen LogP contribution in [0.1, 0.15) is 6.42 Å². The molecule has 0 bridgehead atoms. The molecule has 1 aliphatic carbocycles. The minimum atomic E-state index is 0. The average molecular weight is 239 g/mol. The van der Waals surface area contributed by atoms with E-state index < -0.39 is 0 Å². The fourth-order valence-electron chi connectivity index (χ4n) is 0.416. The second-order valence-electron chi connectivity index (χ2n) is 1.23. The van der Waals surface area contributed by atoms with E-state index in [9.17, 15) is 0 Å². The van der Waals surface area contributed by atoms with Crippen LogP contribution in [0, 0.1) is 0 Å². The second kappa shape index (κ2) is 5.81. The van der Waals surface area contributed by atoms with Gasteiger partial charge in [-0.1, -0.05) is 0 Å². The van der Waals surface area contributed by atoms with Gasteiger partial charge in [-0.3, -0.25) is 0 Å². The molecule has 0 spiro atoms. The Morgan fingerprint density at radius 3 is 2.12 bits per heavy atom. The molecule has 3 heteroatoms. The molecule has 0 unspecified atom stereocenters. The molecule has 0 saturated heterocycles. The summed E-state index contributed by atoms with van der Waals surface area (Å²) in [4.78, 5) is 0. The van der Waals surface area contributed by atoms with E-state index in [2.05, 4.69) is 36.5 Å². The summed E-state index contributed by atoms with van der Waals surface area (Å²) < 4.78 is 1.40. The van der Waals surface area contributed by atoms with E-state index in [1.807, 2.05) is 0 Å². The normalized spacial score (nSPS) is 13.9. The summed E-state index contributed by atoms with van der Waals surface area (Å²) in [5.74, 6) is 0. The van der Waals surface area contributed by atoms with Crippen LogP contribution in [0.4, 0.5) is 0 Å². The standard InChI is InChI=1S/C5H5.2ClH.Ru/c1-2-4-5-3-1;;;/h1-3H,4H2;2*1H;. The van der Waals surface area contributed by atoms with Gasteiger partial charge in [0.15, 0.2) is 0 Å². The van der Waals surface area contributed by atoms with Gasteiger partial charge in [-0.25, -0.2) is 0 Å². The first kappa shape index (κ1) is 11.5. The molecule has 49 valence electrons. The monoisotopic (exact) mass is 239 g/mol. The number of halogens is 2. The molecule has 1 rings (SSSR count). The van der Waals surface area contributed by atoms with Crippen molar-refractivity contribution < 1.29 is 18.3 Å². The molecule has 0 amide bonds. The average Bonchev–Trinajstić information content (AvgIpc) is 1.86. The first-order valence-electron chi connectivity index (χ1n) is 1.89. The van der Waals surface area contributed by atoms with E-state index in [-0.39, 0.29) is 24.8 Å². The van der Waals surface area contributed by atoms with Gasteiger partial charge in [0, 0.05) is 0 Å². The summed E-state index contributed by atoms with van der Waals surface area (Å²) in [6.07, 6.45) is 7.46. The van der Waals surface area contributed by atoms with Crippen LogP contribution >= 0.6 is 24.8 Å². The van der Waals surface area contributed by atoms with Gasteiger partial charge < -0.3 is 0 Å². The van der Waals surface area contributed by atoms with Crippen molar-refractivity contribution in [2.24, 2.45) is 0 Å².